The Labute approximate surface area is 118 Å². The number of rotatable bonds is 2. The lowest BCUT2D eigenvalue weighted by Crippen LogP contribution is -2.54. The minimum atomic E-state index is -0.174. The van der Waals surface area contributed by atoms with Crippen molar-refractivity contribution in [3.05, 3.63) is 0 Å². The highest BCUT2D eigenvalue weighted by Crippen LogP contribution is 2.21. The molecule has 2 saturated carbocycles. The van der Waals surface area contributed by atoms with Crippen molar-refractivity contribution in [1.82, 2.24) is 5.32 Å². The Morgan fingerprint density at radius 2 is 1.21 bits per heavy atom. The Kier molecular flexibility index (Phi) is 6.62. The number of nitrogens with two attached hydrogens (primary N) is 1. The van der Waals surface area contributed by atoms with E-state index in [-0.39, 0.29) is 18.2 Å². The van der Waals surface area contributed by atoms with Crippen LogP contribution in [-0.2, 0) is 0 Å². The van der Waals surface area contributed by atoms with Gasteiger partial charge in [-0.05, 0) is 25.7 Å². The van der Waals surface area contributed by atoms with Gasteiger partial charge in [0.2, 0.25) is 0 Å². The molecule has 2 aliphatic carbocycles. The molecule has 0 aromatic heterocycles. The summed E-state index contributed by atoms with van der Waals surface area (Å²) in [5.41, 5.74) is 6.22. The Hall–Kier alpha value is -0.120. The van der Waals surface area contributed by atoms with Gasteiger partial charge >= 0.3 is 0 Å². The van der Waals surface area contributed by atoms with Gasteiger partial charge in [-0.2, -0.15) is 0 Å². The first-order chi connectivity index (χ1) is 9.27. The second kappa shape index (κ2) is 8.23. The molecular formula is C16H32N2O. The maximum absolute atomic E-state index is 10.4. The van der Waals surface area contributed by atoms with E-state index in [2.05, 4.69) is 5.32 Å². The summed E-state index contributed by atoms with van der Waals surface area (Å²) >= 11 is 0. The second-order valence-corrected chi connectivity index (χ2v) is 6.59. The van der Waals surface area contributed by atoms with Gasteiger partial charge in [0.1, 0.15) is 0 Å². The van der Waals surface area contributed by atoms with E-state index >= 15 is 0 Å². The van der Waals surface area contributed by atoms with Gasteiger partial charge in [0.25, 0.3) is 0 Å². The summed E-state index contributed by atoms with van der Waals surface area (Å²) in [5, 5.41) is 14.1. The fourth-order valence-electron chi connectivity index (χ4n) is 3.65. The third kappa shape index (κ3) is 5.05. The molecule has 2 aliphatic rings. The van der Waals surface area contributed by atoms with E-state index in [9.17, 15) is 5.11 Å². The molecule has 3 nitrogen and oxygen atoms in total. The molecule has 0 radical (unpaired) electrons. The molecule has 2 rings (SSSR count). The fraction of sp³-hybridized carbons (Fsp3) is 1.00. The summed E-state index contributed by atoms with van der Waals surface area (Å²) in [6.07, 6.45) is 14.5. The van der Waals surface area contributed by atoms with Crippen LogP contribution in [0.4, 0.5) is 0 Å². The van der Waals surface area contributed by atoms with Gasteiger partial charge in [-0.15, -0.1) is 0 Å². The largest absolute Gasteiger partial charge is 0.392 e. The SMILES string of the molecule is N[C@@H]1CCCC[C@H]1NC1CCCCCCCCC1O. The second-order valence-electron chi connectivity index (χ2n) is 6.59. The van der Waals surface area contributed by atoms with Crippen LogP contribution in [0, 0.1) is 0 Å². The summed E-state index contributed by atoms with van der Waals surface area (Å²) < 4.78 is 0. The fourth-order valence-corrected chi connectivity index (χ4v) is 3.65. The van der Waals surface area contributed by atoms with Crippen LogP contribution < -0.4 is 11.1 Å². The molecule has 0 aromatic rings. The highest BCUT2D eigenvalue weighted by Gasteiger charge is 2.27. The summed E-state index contributed by atoms with van der Waals surface area (Å²) in [6, 6.07) is 0.986. The molecule has 4 N–H and O–H groups in total. The number of aliphatic hydroxyl groups is 1. The number of hydrogen-bond donors (Lipinski definition) is 3. The van der Waals surface area contributed by atoms with Gasteiger partial charge in [-0.1, -0.05) is 51.4 Å². The molecule has 0 saturated heterocycles. The van der Waals surface area contributed by atoms with Crippen LogP contribution >= 0.6 is 0 Å². The van der Waals surface area contributed by atoms with Crippen LogP contribution in [0.2, 0.25) is 0 Å². The van der Waals surface area contributed by atoms with Crippen LogP contribution in [0.5, 0.6) is 0 Å². The number of nitrogens with one attached hydrogen (secondary N) is 1. The van der Waals surface area contributed by atoms with Crippen LogP contribution in [0.1, 0.15) is 77.0 Å². The zero-order valence-electron chi connectivity index (χ0n) is 12.3. The lowest BCUT2D eigenvalue weighted by atomic mass is 9.88. The molecule has 0 aromatic carbocycles. The average molecular weight is 268 g/mol. The normalized spacial score (nSPS) is 38.8. The third-order valence-corrected chi connectivity index (χ3v) is 4.98. The molecule has 0 aliphatic heterocycles. The predicted octanol–water partition coefficient (Wildman–Crippen LogP) is 2.71. The van der Waals surface area contributed by atoms with Crippen molar-refractivity contribution in [2.45, 2.75) is 101 Å². The molecule has 19 heavy (non-hydrogen) atoms. The van der Waals surface area contributed by atoms with Gasteiger partial charge < -0.3 is 16.2 Å². The summed E-state index contributed by atoms with van der Waals surface area (Å²) in [5.74, 6) is 0. The van der Waals surface area contributed by atoms with Crippen LogP contribution in [0.15, 0.2) is 0 Å². The van der Waals surface area contributed by atoms with Crippen molar-refractivity contribution >= 4 is 0 Å². The van der Waals surface area contributed by atoms with Crippen molar-refractivity contribution in [2.75, 3.05) is 0 Å². The quantitative estimate of drug-likeness (QED) is 0.721. The highest BCUT2D eigenvalue weighted by molar-refractivity contribution is 4.88. The van der Waals surface area contributed by atoms with Crippen molar-refractivity contribution in [3.63, 3.8) is 0 Å². The molecule has 2 unspecified atom stereocenters. The van der Waals surface area contributed by atoms with Gasteiger partial charge in [0.15, 0.2) is 0 Å². The van der Waals surface area contributed by atoms with Crippen molar-refractivity contribution in [1.29, 1.82) is 0 Å². The Balaban J connectivity index is 1.85. The molecule has 0 amide bonds. The van der Waals surface area contributed by atoms with E-state index in [1.54, 1.807) is 0 Å². The van der Waals surface area contributed by atoms with E-state index in [0.29, 0.717) is 6.04 Å². The molecule has 0 heterocycles. The molecule has 4 atom stereocenters. The maximum Gasteiger partial charge on any atom is 0.0693 e. The van der Waals surface area contributed by atoms with E-state index < -0.39 is 0 Å². The van der Waals surface area contributed by atoms with Crippen LogP contribution in [0.25, 0.3) is 0 Å². The van der Waals surface area contributed by atoms with E-state index in [0.717, 1.165) is 19.3 Å². The zero-order chi connectivity index (χ0) is 13.5. The minimum absolute atomic E-state index is 0.174. The van der Waals surface area contributed by atoms with Crippen LogP contribution in [0.3, 0.4) is 0 Å². The van der Waals surface area contributed by atoms with E-state index in [4.69, 9.17) is 5.73 Å². The summed E-state index contributed by atoms with van der Waals surface area (Å²) in [4.78, 5) is 0. The molecule has 0 spiro atoms. The lowest BCUT2D eigenvalue weighted by molar-refractivity contribution is 0.0952. The van der Waals surface area contributed by atoms with E-state index in [1.165, 1.54) is 57.8 Å². The summed E-state index contributed by atoms with van der Waals surface area (Å²) in [6.45, 7) is 0. The zero-order valence-corrected chi connectivity index (χ0v) is 12.3. The van der Waals surface area contributed by atoms with Crippen LogP contribution in [-0.4, -0.2) is 29.3 Å². The first kappa shape index (κ1) is 15.3. The van der Waals surface area contributed by atoms with Crippen molar-refractivity contribution < 1.29 is 5.11 Å². The first-order valence-corrected chi connectivity index (χ1v) is 8.47. The average Bonchev–Trinajstić information content (AvgIpc) is 2.42. The molecule has 2 fully saturated rings. The van der Waals surface area contributed by atoms with Gasteiger partial charge in [0, 0.05) is 18.1 Å². The Bertz CT molecular complexity index is 247. The summed E-state index contributed by atoms with van der Waals surface area (Å²) in [7, 11) is 0. The highest BCUT2D eigenvalue weighted by atomic mass is 16.3. The Morgan fingerprint density at radius 3 is 1.95 bits per heavy atom. The first-order valence-electron chi connectivity index (χ1n) is 8.47. The topological polar surface area (TPSA) is 58.3 Å². The van der Waals surface area contributed by atoms with Gasteiger partial charge in [0.05, 0.1) is 6.10 Å². The standard InChI is InChI=1S/C16H32N2O/c17-13-9-7-8-10-14(13)18-15-11-5-3-1-2-4-6-12-16(15)19/h13-16,18-19H,1-12,17H2/t13-,14-,15?,16?/m1/s1. The lowest BCUT2D eigenvalue weighted by Gasteiger charge is -2.35. The minimum Gasteiger partial charge on any atom is -0.392 e. The third-order valence-electron chi connectivity index (χ3n) is 4.98. The predicted molar refractivity (Wildman–Crippen MR) is 80.1 cm³/mol. The van der Waals surface area contributed by atoms with Gasteiger partial charge in [-0.3, -0.25) is 0 Å². The smallest absolute Gasteiger partial charge is 0.0693 e. The van der Waals surface area contributed by atoms with Crippen molar-refractivity contribution in [2.24, 2.45) is 5.73 Å². The number of aliphatic hydroxyl groups excluding tert-OH is 1. The number of hydrogen-bond acceptors (Lipinski definition) is 3. The van der Waals surface area contributed by atoms with E-state index in [1.807, 2.05) is 0 Å². The molecule has 0 bridgehead atoms. The monoisotopic (exact) mass is 268 g/mol. The maximum atomic E-state index is 10.4. The molecular weight excluding hydrogens is 236 g/mol. The Morgan fingerprint density at radius 1 is 0.684 bits per heavy atom. The molecule has 112 valence electrons. The molecule has 3 heteroatoms. The van der Waals surface area contributed by atoms with Gasteiger partial charge in [-0.25, -0.2) is 0 Å². The van der Waals surface area contributed by atoms with Crippen molar-refractivity contribution in [3.8, 4) is 0 Å².